The third kappa shape index (κ3) is 3.54. The molecular weight excluding hydrogens is 468 g/mol. The van der Waals surface area contributed by atoms with Crippen molar-refractivity contribution in [2.75, 3.05) is 23.0 Å². The van der Waals surface area contributed by atoms with Gasteiger partial charge in [0.05, 0.1) is 44.8 Å². The number of fused-ring (bicyclic) bond motifs is 2. The summed E-state index contributed by atoms with van der Waals surface area (Å²) in [6.45, 7) is 2.53. The maximum atomic E-state index is 14.1. The first kappa shape index (κ1) is 21.5. The van der Waals surface area contributed by atoms with E-state index >= 15 is 0 Å². The lowest BCUT2D eigenvalue weighted by Crippen LogP contribution is -2.35. The van der Waals surface area contributed by atoms with Gasteiger partial charge in [0.1, 0.15) is 0 Å². The molecule has 3 aromatic heterocycles. The van der Waals surface area contributed by atoms with Crippen LogP contribution < -0.4 is 4.90 Å². The van der Waals surface area contributed by atoms with E-state index in [1.807, 2.05) is 53.6 Å². The molecular formula is C25H24N4O3S2. The fourth-order valence-corrected chi connectivity index (χ4v) is 7.52. The Labute approximate surface area is 202 Å². The van der Waals surface area contributed by atoms with Crippen LogP contribution in [0.4, 0.5) is 5.69 Å². The minimum atomic E-state index is -3.10. The van der Waals surface area contributed by atoms with E-state index in [4.69, 9.17) is 10.1 Å². The number of rotatable bonds is 3. The fourth-order valence-electron chi connectivity index (χ4n) is 5.15. The van der Waals surface area contributed by atoms with Gasteiger partial charge in [-0.05, 0) is 55.3 Å². The monoisotopic (exact) mass is 492 g/mol. The van der Waals surface area contributed by atoms with Gasteiger partial charge in [0.2, 0.25) is 0 Å². The minimum Gasteiger partial charge on any atom is -0.308 e. The van der Waals surface area contributed by atoms with Gasteiger partial charge in [-0.2, -0.15) is 5.10 Å². The zero-order chi connectivity index (χ0) is 23.4. The van der Waals surface area contributed by atoms with Crippen molar-refractivity contribution in [3.05, 3.63) is 64.7 Å². The fraction of sp³-hybridized carbons (Fsp3) is 0.320. The van der Waals surface area contributed by atoms with Gasteiger partial charge in [0.25, 0.3) is 5.91 Å². The van der Waals surface area contributed by atoms with Crippen LogP contribution in [0.25, 0.3) is 21.6 Å². The van der Waals surface area contributed by atoms with Gasteiger partial charge in [0.15, 0.2) is 15.5 Å². The number of carbonyl (C=O) groups is 1. The van der Waals surface area contributed by atoms with E-state index in [9.17, 15) is 13.2 Å². The van der Waals surface area contributed by atoms with E-state index in [0.29, 0.717) is 41.0 Å². The van der Waals surface area contributed by atoms with Crippen LogP contribution in [0, 0.1) is 6.92 Å². The first-order valence-corrected chi connectivity index (χ1v) is 14.2. The van der Waals surface area contributed by atoms with Crippen LogP contribution in [0.1, 0.15) is 40.5 Å². The Morgan fingerprint density at radius 3 is 2.79 bits per heavy atom. The van der Waals surface area contributed by atoms with Gasteiger partial charge >= 0.3 is 0 Å². The Balaban J connectivity index is 1.55. The number of carbonyl (C=O) groups excluding carboxylic acids is 1. The van der Waals surface area contributed by atoms with Gasteiger partial charge in [-0.1, -0.05) is 24.3 Å². The zero-order valence-electron chi connectivity index (χ0n) is 18.8. The van der Waals surface area contributed by atoms with Gasteiger partial charge in [0, 0.05) is 12.2 Å². The molecule has 0 bridgehead atoms. The Morgan fingerprint density at radius 1 is 1.18 bits per heavy atom. The molecule has 1 aromatic carbocycles. The topological polar surface area (TPSA) is 85.2 Å². The number of amides is 1. The number of aromatic nitrogens is 3. The summed E-state index contributed by atoms with van der Waals surface area (Å²) in [5.74, 6) is 0.134. The van der Waals surface area contributed by atoms with Crippen LogP contribution in [-0.4, -0.2) is 47.1 Å². The quantitative estimate of drug-likeness (QED) is 0.423. The average molecular weight is 493 g/mol. The van der Waals surface area contributed by atoms with Crippen molar-refractivity contribution in [3.8, 4) is 10.6 Å². The molecule has 2 aliphatic heterocycles. The van der Waals surface area contributed by atoms with Gasteiger partial charge < -0.3 is 4.90 Å². The highest BCUT2D eigenvalue weighted by molar-refractivity contribution is 7.91. The molecule has 1 saturated heterocycles. The van der Waals surface area contributed by atoms with Crippen molar-refractivity contribution in [3.63, 3.8) is 0 Å². The molecule has 0 aliphatic carbocycles. The Morgan fingerprint density at radius 2 is 2.03 bits per heavy atom. The Hall–Kier alpha value is -3.04. The standard InChI is InChI=1S/C25H24N4O3S2/c1-16-23-19(25(30)28-11-4-7-17-6-2-3-8-21(17)28)14-20(22-9-5-12-33-22)26-24(23)29(27-16)18-10-13-34(31,32)15-18/h2-3,5-6,8-9,12,14,18H,4,7,10-11,13,15H2,1H3. The second-order valence-corrected chi connectivity index (χ2v) is 12.2. The molecule has 34 heavy (non-hydrogen) atoms. The number of hydrogen-bond donors (Lipinski definition) is 0. The van der Waals surface area contributed by atoms with Crippen molar-refractivity contribution >= 4 is 43.8 Å². The lowest BCUT2D eigenvalue weighted by atomic mass is 10.00. The van der Waals surface area contributed by atoms with Crippen LogP contribution in [0.5, 0.6) is 0 Å². The Bertz CT molecular complexity index is 1520. The summed E-state index contributed by atoms with van der Waals surface area (Å²) in [7, 11) is -3.10. The molecule has 7 nitrogen and oxygen atoms in total. The highest BCUT2D eigenvalue weighted by Gasteiger charge is 2.33. The first-order chi connectivity index (χ1) is 16.4. The van der Waals surface area contributed by atoms with Crippen LogP contribution in [-0.2, 0) is 16.3 Å². The van der Waals surface area contributed by atoms with Crippen molar-refractivity contribution < 1.29 is 13.2 Å². The van der Waals surface area contributed by atoms with E-state index in [2.05, 4.69) is 6.07 Å². The summed E-state index contributed by atoms with van der Waals surface area (Å²) in [5.41, 5.74) is 4.67. The second-order valence-electron chi connectivity index (χ2n) is 9.01. The number of hydrogen-bond acceptors (Lipinski definition) is 6. The molecule has 0 radical (unpaired) electrons. The average Bonchev–Trinajstić information content (AvgIpc) is 3.57. The summed E-state index contributed by atoms with van der Waals surface area (Å²) in [4.78, 5) is 21.8. The molecule has 0 N–H and O–H groups in total. The number of anilines is 1. The summed E-state index contributed by atoms with van der Waals surface area (Å²) in [6.07, 6.45) is 2.37. The molecule has 1 unspecified atom stereocenters. The van der Waals surface area contributed by atoms with E-state index in [1.165, 1.54) is 5.56 Å². The number of thiophene rings is 1. The van der Waals surface area contributed by atoms with Crippen molar-refractivity contribution in [2.24, 2.45) is 0 Å². The number of para-hydroxylation sites is 1. The third-order valence-electron chi connectivity index (χ3n) is 6.75. The van der Waals surface area contributed by atoms with Crippen molar-refractivity contribution in [1.29, 1.82) is 0 Å². The van der Waals surface area contributed by atoms with Crippen LogP contribution in [0.3, 0.4) is 0 Å². The molecule has 6 rings (SSSR count). The van der Waals surface area contributed by atoms with E-state index < -0.39 is 9.84 Å². The smallest absolute Gasteiger partial charge is 0.259 e. The van der Waals surface area contributed by atoms with E-state index in [1.54, 1.807) is 16.0 Å². The summed E-state index contributed by atoms with van der Waals surface area (Å²) in [6, 6.07) is 13.6. The van der Waals surface area contributed by atoms with Crippen molar-refractivity contribution in [1.82, 2.24) is 14.8 Å². The normalized spacial score (nSPS) is 19.4. The Kier molecular flexibility index (Phi) is 5.07. The highest BCUT2D eigenvalue weighted by Crippen LogP contribution is 2.35. The number of benzene rings is 1. The summed E-state index contributed by atoms with van der Waals surface area (Å²) < 4.78 is 26.1. The zero-order valence-corrected chi connectivity index (χ0v) is 20.4. The molecule has 1 amide bonds. The van der Waals surface area contributed by atoms with E-state index in [0.717, 1.165) is 23.4 Å². The predicted molar refractivity (Wildman–Crippen MR) is 134 cm³/mol. The summed E-state index contributed by atoms with van der Waals surface area (Å²) in [5, 5.41) is 7.40. The lowest BCUT2D eigenvalue weighted by Gasteiger charge is -2.29. The predicted octanol–water partition coefficient (Wildman–Crippen LogP) is 4.42. The molecule has 4 aromatic rings. The van der Waals surface area contributed by atoms with Gasteiger partial charge in [-0.25, -0.2) is 18.1 Å². The molecule has 0 saturated carbocycles. The molecule has 1 atom stereocenters. The minimum absolute atomic E-state index is 0.0525. The van der Waals surface area contributed by atoms with Crippen LogP contribution in [0.15, 0.2) is 47.8 Å². The van der Waals surface area contributed by atoms with Crippen molar-refractivity contribution in [2.45, 2.75) is 32.2 Å². The SMILES string of the molecule is Cc1nn(C2CCS(=O)(=O)C2)c2nc(-c3cccs3)cc(C(=O)N3CCCc4ccccc43)c12. The number of pyridine rings is 1. The number of sulfone groups is 1. The van der Waals surface area contributed by atoms with Crippen LogP contribution in [0.2, 0.25) is 0 Å². The largest absolute Gasteiger partial charge is 0.308 e. The van der Waals surface area contributed by atoms with Gasteiger partial charge in [-0.3, -0.25) is 4.79 Å². The maximum absolute atomic E-state index is 14.1. The van der Waals surface area contributed by atoms with Crippen LogP contribution >= 0.6 is 11.3 Å². The number of aryl methyl sites for hydroxylation is 2. The second kappa shape index (κ2) is 8.02. The summed E-state index contributed by atoms with van der Waals surface area (Å²) >= 11 is 1.56. The van der Waals surface area contributed by atoms with E-state index in [-0.39, 0.29) is 23.5 Å². The molecule has 174 valence electrons. The molecule has 5 heterocycles. The maximum Gasteiger partial charge on any atom is 0.259 e. The first-order valence-electron chi connectivity index (χ1n) is 11.5. The number of nitrogens with zero attached hydrogens (tertiary/aromatic N) is 4. The molecule has 1 fully saturated rings. The molecule has 0 spiro atoms. The molecule has 9 heteroatoms. The highest BCUT2D eigenvalue weighted by atomic mass is 32.2. The van der Waals surface area contributed by atoms with Gasteiger partial charge in [-0.15, -0.1) is 11.3 Å². The lowest BCUT2D eigenvalue weighted by molar-refractivity contribution is 0.0986. The molecule has 2 aliphatic rings. The third-order valence-corrected chi connectivity index (χ3v) is 9.39.